The summed E-state index contributed by atoms with van der Waals surface area (Å²) in [4.78, 5) is 23.5. The third-order valence-electron chi connectivity index (χ3n) is 7.90. The molecule has 2 aliphatic rings. The largest absolute Gasteiger partial charge is 0.396 e. The average molecular weight is 541 g/mol. The number of carbonyl (C=O) groups excluding carboxylic acids is 1. The van der Waals surface area contributed by atoms with Crippen LogP contribution >= 0.6 is 15.9 Å². The molecule has 5 nitrogen and oxygen atoms in total. The fourth-order valence-electron chi connectivity index (χ4n) is 5.63. The summed E-state index contributed by atoms with van der Waals surface area (Å²) in [5.74, 6) is 0.584. The van der Waals surface area contributed by atoms with Crippen LogP contribution in [0.25, 0.3) is 0 Å². The summed E-state index contributed by atoms with van der Waals surface area (Å²) in [6.45, 7) is 12.8. The van der Waals surface area contributed by atoms with Gasteiger partial charge in [0, 0.05) is 34.6 Å². The molecule has 2 aromatic rings. The fourth-order valence-corrected chi connectivity index (χ4v) is 5.89. The van der Waals surface area contributed by atoms with Crippen molar-refractivity contribution in [2.45, 2.75) is 58.9 Å². The first-order valence-corrected chi connectivity index (χ1v) is 13.7. The molecule has 2 aromatic carbocycles. The molecule has 0 saturated carbocycles. The van der Waals surface area contributed by atoms with Crippen molar-refractivity contribution in [3.05, 3.63) is 69.2 Å². The van der Waals surface area contributed by atoms with Gasteiger partial charge in [0.2, 0.25) is 0 Å². The molecule has 0 unspecified atom stereocenters. The van der Waals surface area contributed by atoms with Crippen LogP contribution in [-0.2, 0) is 4.84 Å². The zero-order chi connectivity index (χ0) is 25.0. The van der Waals surface area contributed by atoms with Crippen LogP contribution in [0.1, 0.15) is 66.6 Å². The Hall–Kier alpha value is -2.18. The summed E-state index contributed by atoms with van der Waals surface area (Å²) >= 11 is 3.53. The van der Waals surface area contributed by atoms with Crippen LogP contribution in [-0.4, -0.2) is 59.7 Å². The SMILES string of the molecule is CCO/N=C(\c1ccc(Br)cc1)C1CCN(C2(C)CCN(C(=O)c3c(C)cccc3C)CC2)CC1. The minimum atomic E-state index is 0.136. The first-order chi connectivity index (χ1) is 16.8. The lowest BCUT2D eigenvalue weighted by Gasteiger charge is -2.49. The summed E-state index contributed by atoms with van der Waals surface area (Å²) in [6, 6.07) is 14.5. The Labute approximate surface area is 218 Å². The van der Waals surface area contributed by atoms with E-state index in [4.69, 9.17) is 4.84 Å². The highest BCUT2D eigenvalue weighted by atomic mass is 79.9. The number of benzene rings is 2. The summed E-state index contributed by atoms with van der Waals surface area (Å²) < 4.78 is 1.07. The topological polar surface area (TPSA) is 45.1 Å². The summed E-state index contributed by atoms with van der Waals surface area (Å²) in [5.41, 5.74) is 5.37. The molecule has 0 spiro atoms. The van der Waals surface area contributed by atoms with Crippen LogP contribution in [0.2, 0.25) is 0 Å². The molecule has 0 bridgehead atoms. The summed E-state index contributed by atoms with van der Waals surface area (Å²) in [5, 5.41) is 4.53. The highest BCUT2D eigenvalue weighted by Gasteiger charge is 2.39. The van der Waals surface area contributed by atoms with E-state index < -0.39 is 0 Å². The number of halogens is 1. The summed E-state index contributed by atoms with van der Waals surface area (Å²) in [6.07, 6.45) is 4.17. The molecule has 0 N–H and O–H groups in total. The monoisotopic (exact) mass is 539 g/mol. The maximum atomic E-state index is 13.3. The van der Waals surface area contributed by atoms with Crippen molar-refractivity contribution in [3.63, 3.8) is 0 Å². The van der Waals surface area contributed by atoms with Gasteiger partial charge in [-0.25, -0.2) is 0 Å². The van der Waals surface area contributed by atoms with Gasteiger partial charge in [-0.2, -0.15) is 0 Å². The minimum absolute atomic E-state index is 0.136. The molecule has 2 saturated heterocycles. The van der Waals surface area contributed by atoms with Gasteiger partial charge in [0.15, 0.2) is 0 Å². The van der Waals surface area contributed by atoms with Gasteiger partial charge in [0.25, 0.3) is 5.91 Å². The Morgan fingerprint density at radius 2 is 1.63 bits per heavy atom. The predicted molar refractivity (Wildman–Crippen MR) is 146 cm³/mol. The molecule has 0 atom stereocenters. The van der Waals surface area contributed by atoms with Crippen molar-refractivity contribution < 1.29 is 9.63 Å². The van der Waals surface area contributed by atoms with Crippen LogP contribution in [0.4, 0.5) is 0 Å². The number of amides is 1. The van der Waals surface area contributed by atoms with Gasteiger partial charge in [0.05, 0.1) is 5.71 Å². The smallest absolute Gasteiger partial charge is 0.254 e. The van der Waals surface area contributed by atoms with Crippen LogP contribution < -0.4 is 0 Å². The molecule has 0 radical (unpaired) electrons. The van der Waals surface area contributed by atoms with E-state index in [1.807, 2.05) is 39.0 Å². The van der Waals surface area contributed by atoms with E-state index in [2.05, 4.69) is 62.1 Å². The number of hydrogen-bond donors (Lipinski definition) is 0. The van der Waals surface area contributed by atoms with E-state index in [0.717, 1.165) is 84.3 Å². The molecular weight excluding hydrogens is 502 g/mol. The van der Waals surface area contributed by atoms with Gasteiger partial charge >= 0.3 is 0 Å². The van der Waals surface area contributed by atoms with E-state index in [-0.39, 0.29) is 11.4 Å². The van der Waals surface area contributed by atoms with Crippen LogP contribution in [0.5, 0.6) is 0 Å². The highest BCUT2D eigenvalue weighted by molar-refractivity contribution is 9.10. The van der Waals surface area contributed by atoms with Crippen molar-refractivity contribution in [1.29, 1.82) is 0 Å². The molecule has 1 amide bonds. The summed E-state index contributed by atoms with van der Waals surface area (Å²) in [7, 11) is 0. The van der Waals surface area contributed by atoms with Crippen molar-refractivity contribution in [2.75, 3.05) is 32.8 Å². The molecule has 6 heteroatoms. The Balaban J connectivity index is 1.38. The second-order valence-corrected chi connectivity index (χ2v) is 11.1. The maximum Gasteiger partial charge on any atom is 0.254 e. The van der Waals surface area contributed by atoms with Gasteiger partial charge < -0.3 is 9.74 Å². The lowest BCUT2D eigenvalue weighted by molar-refractivity contribution is 0.0161. The van der Waals surface area contributed by atoms with E-state index in [9.17, 15) is 4.79 Å². The molecule has 2 aliphatic heterocycles. The van der Waals surface area contributed by atoms with E-state index in [1.54, 1.807) is 0 Å². The Morgan fingerprint density at radius 1 is 1.03 bits per heavy atom. The molecular formula is C29H38BrN3O2. The molecule has 2 heterocycles. The van der Waals surface area contributed by atoms with Crippen LogP contribution in [0.3, 0.4) is 0 Å². The molecule has 4 rings (SSSR count). The second-order valence-electron chi connectivity index (χ2n) is 10.2. The zero-order valence-electron chi connectivity index (χ0n) is 21.5. The highest BCUT2D eigenvalue weighted by Crippen LogP contribution is 2.34. The van der Waals surface area contributed by atoms with Crippen LogP contribution in [0, 0.1) is 19.8 Å². The average Bonchev–Trinajstić information content (AvgIpc) is 2.86. The number of hydrogen-bond acceptors (Lipinski definition) is 4. The van der Waals surface area contributed by atoms with Gasteiger partial charge in [-0.15, -0.1) is 0 Å². The number of likely N-dealkylation sites (tertiary alicyclic amines) is 2. The van der Waals surface area contributed by atoms with Crippen molar-refractivity contribution >= 4 is 27.5 Å². The van der Waals surface area contributed by atoms with Crippen molar-refractivity contribution in [2.24, 2.45) is 11.1 Å². The van der Waals surface area contributed by atoms with Crippen LogP contribution in [0.15, 0.2) is 52.1 Å². The normalized spacial score (nSPS) is 19.6. The number of nitrogens with zero attached hydrogens (tertiary/aromatic N) is 3. The fraction of sp³-hybridized carbons (Fsp3) is 0.517. The van der Waals surface area contributed by atoms with Gasteiger partial charge in [0.1, 0.15) is 6.61 Å². The second kappa shape index (κ2) is 11.3. The molecule has 0 aromatic heterocycles. The number of rotatable bonds is 6. The molecule has 0 aliphatic carbocycles. The van der Waals surface area contributed by atoms with E-state index in [0.29, 0.717) is 12.5 Å². The Kier molecular flexibility index (Phi) is 8.33. The standard InChI is InChI=1S/C29H38BrN3O2/c1-5-35-31-27(23-9-11-25(30)12-10-23)24-13-17-33(18-14-24)29(4)15-19-32(20-16-29)28(34)26-21(2)7-6-8-22(26)3/h6-12,24H,5,13-20H2,1-4H3/b31-27+. The van der Waals surface area contributed by atoms with E-state index in [1.165, 1.54) is 0 Å². The third kappa shape index (κ3) is 5.80. The Bertz CT molecular complexity index is 1030. The molecule has 35 heavy (non-hydrogen) atoms. The number of carbonyl (C=O) groups is 1. The predicted octanol–water partition coefficient (Wildman–Crippen LogP) is 6.21. The van der Waals surface area contributed by atoms with Gasteiger partial charge in [-0.1, -0.05) is 51.4 Å². The quantitative estimate of drug-likeness (QED) is 0.323. The number of piperidine rings is 2. The zero-order valence-corrected chi connectivity index (χ0v) is 23.1. The number of aryl methyl sites for hydroxylation is 2. The van der Waals surface area contributed by atoms with Crippen molar-refractivity contribution in [1.82, 2.24) is 9.80 Å². The Morgan fingerprint density at radius 3 is 2.20 bits per heavy atom. The van der Waals surface area contributed by atoms with Gasteiger partial charge in [-0.3, -0.25) is 9.69 Å². The first-order valence-electron chi connectivity index (χ1n) is 12.9. The lowest BCUT2D eigenvalue weighted by atomic mass is 9.82. The van der Waals surface area contributed by atoms with E-state index >= 15 is 0 Å². The van der Waals surface area contributed by atoms with Gasteiger partial charge in [-0.05, 0) is 95.3 Å². The number of oxime groups is 1. The van der Waals surface area contributed by atoms with Crippen molar-refractivity contribution in [3.8, 4) is 0 Å². The first kappa shape index (κ1) is 25.9. The molecule has 2 fully saturated rings. The molecule has 188 valence electrons. The maximum absolute atomic E-state index is 13.3. The minimum Gasteiger partial charge on any atom is -0.396 e. The lowest BCUT2D eigenvalue weighted by Crippen LogP contribution is -2.56. The third-order valence-corrected chi connectivity index (χ3v) is 8.43.